The van der Waals surface area contributed by atoms with Crippen LogP contribution in [0.1, 0.15) is 32.6 Å². The monoisotopic (exact) mass is 320 g/mol. The summed E-state index contributed by atoms with van der Waals surface area (Å²) >= 11 is 0. The van der Waals surface area contributed by atoms with Crippen LogP contribution in [0.5, 0.6) is 0 Å². The molecule has 122 valence electrons. The van der Waals surface area contributed by atoms with Crippen LogP contribution < -0.4 is 5.73 Å². The summed E-state index contributed by atoms with van der Waals surface area (Å²) in [6.07, 6.45) is 1.52. The number of carboxylic acid groups (broad SMARTS) is 1. The first-order chi connectivity index (χ1) is 9.71. The molecule has 1 aliphatic heterocycles. The number of nitrogens with zero attached hydrogens (tertiary/aromatic N) is 1. The molecule has 0 bridgehead atoms. The third kappa shape index (κ3) is 5.28. The summed E-state index contributed by atoms with van der Waals surface area (Å²) in [6, 6.07) is 0. The van der Waals surface area contributed by atoms with Crippen LogP contribution in [-0.2, 0) is 19.4 Å². The van der Waals surface area contributed by atoms with Crippen molar-refractivity contribution in [3.8, 4) is 0 Å². The third-order valence-electron chi connectivity index (χ3n) is 4.32. The first kappa shape index (κ1) is 17.9. The number of carbonyl (C=O) groups is 2. The predicted octanol–water partition coefficient (Wildman–Crippen LogP) is -0.147. The summed E-state index contributed by atoms with van der Waals surface area (Å²) in [4.78, 5) is 23.9. The summed E-state index contributed by atoms with van der Waals surface area (Å²) in [7, 11) is -3.29. The molecular weight excluding hydrogens is 296 g/mol. The number of piperidine rings is 1. The Bertz CT molecular complexity index is 481. The Hall–Kier alpha value is -1.15. The van der Waals surface area contributed by atoms with Crippen molar-refractivity contribution in [3.05, 3.63) is 0 Å². The molecule has 0 atom stereocenters. The minimum atomic E-state index is -3.29. The molecule has 0 aromatic rings. The van der Waals surface area contributed by atoms with Crippen LogP contribution in [0, 0.1) is 5.41 Å². The maximum atomic E-state index is 11.7. The summed E-state index contributed by atoms with van der Waals surface area (Å²) in [5, 5.41) is 9.30. The van der Waals surface area contributed by atoms with E-state index in [0.29, 0.717) is 38.9 Å². The molecule has 8 heteroatoms. The van der Waals surface area contributed by atoms with Gasteiger partial charge >= 0.3 is 5.97 Å². The Morgan fingerprint density at radius 1 is 1.24 bits per heavy atom. The van der Waals surface area contributed by atoms with E-state index in [1.54, 1.807) is 0 Å². The molecule has 1 heterocycles. The van der Waals surface area contributed by atoms with Gasteiger partial charge in [-0.25, -0.2) is 8.42 Å². The normalized spacial score (nSPS) is 19.3. The van der Waals surface area contributed by atoms with Crippen molar-refractivity contribution in [1.82, 2.24) is 4.90 Å². The van der Waals surface area contributed by atoms with Gasteiger partial charge in [0.1, 0.15) is 0 Å². The lowest BCUT2D eigenvalue weighted by atomic mass is 9.76. The highest BCUT2D eigenvalue weighted by atomic mass is 32.2. The highest BCUT2D eigenvalue weighted by Gasteiger charge is 2.39. The summed E-state index contributed by atoms with van der Waals surface area (Å²) in [5.74, 6) is -1.62. The molecule has 3 N–H and O–H groups in total. The predicted molar refractivity (Wildman–Crippen MR) is 78.5 cm³/mol. The van der Waals surface area contributed by atoms with Gasteiger partial charge in [0.25, 0.3) is 0 Å². The van der Waals surface area contributed by atoms with Gasteiger partial charge in [-0.3, -0.25) is 9.59 Å². The Morgan fingerprint density at radius 3 is 2.24 bits per heavy atom. The Labute approximate surface area is 125 Å². The largest absolute Gasteiger partial charge is 0.481 e. The highest BCUT2D eigenvalue weighted by Crippen LogP contribution is 2.34. The van der Waals surface area contributed by atoms with E-state index >= 15 is 0 Å². The van der Waals surface area contributed by atoms with Gasteiger partial charge in [-0.15, -0.1) is 0 Å². The number of likely N-dealkylation sites (tertiary alicyclic amines) is 1. The number of nitrogens with two attached hydrogens (primary N) is 1. The average Bonchev–Trinajstić information content (AvgIpc) is 2.43. The van der Waals surface area contributed by atoms with Gasteiger partial charge < -0.3 is 15.7 Å². The van der Waals surface area contributed by atoms with Crippen molar-refractivity contribution in [2.24, 2.45) is 11.1 Å². The Kier molecular flexibility index (Phi) is 6.15. The number of aliphatic carboxylic acids is 1. The fraction of sp³-hybridized carbons (Fsp3) is 0.846. The first-order valence-electron chi connectivity index (χ1n) is 7.15. The zero-order valence-electron chi connectivity index (χ0n) is 12.4. The molecule has 21 heavy (non-hydrogen) atoms. The number of sulfone groups is 1. The molecule has 0 aromatic heterocycles. The maximum Gasteiger partial charge on any atom is 0.309 e. The standard InChI is InChI=1S/C13H24N2O5S/c1-2-13(12(17)18)4-6-15(7-5-13)8-10-21(19,20)9-3-11(14)16/h2-10H2,1H3,(H2,14,16)(H,17,18). The fourth-order valence-corrected chi connectivity index (χ4v) is 3.80. The molecule has 1 saturated heterocycles. The maximum absolute atomic E-state index is 11.7. The minimum Gasteiger partial charge on any atom is -0.481 e. The molecule has 0 aliphatic carbocycles. The topological polar surface area (TPSA) is 118 Å². The van der Waals surface area contributed by atoms with E-state index < -0.39 is 27.1 Å². The van der Waals surface area contributed by atoms with Gasteiger partial charge in [0.2, 0.25) is 5.91 Å². The van der Waals surface area contributed by atoms with Crippen LogP contribution in [0.2, 0.25) is 0 Å². The zero-order chi connectivity index (χ0) is 16.1. The summed E-state index contributed by atoms with van der Waals surface area (Å²) < 4.78 is 23.5. The fourth-order valence-electron chi connectivity index (χ4n) is 2.55. The van der Waals surface area contributed by atoms with Crippen molar-refractivity contribution in [2.75, 3.05) is 31.1 Å². The molecule has 0 spiro atoms. The summed E-state index contributed by atoms with van der Waals surface area (Å²) in [6.45, 7) is 3.43. The zero-order valence-corrected chi connectivity index (χ0v) is 13.2. The van der Waals surface area contributed by atoms with Crippen LogP contribution in [0.15, 0.2) is 0 Å². The lowest BCUT2D eigenvalue weighted by Gasteiger charge is -2.38. The van der Waals surface area contributed by atoms with E-state index in [-0.39, 0.29) is 17.9 Å². The van der Waals surface area contributed by atoms with E-state index in [4.69, 9.17) is 5.73 Å². The molecule has 0 saturated carbocycles. The van der Waals surface area contributed by atoms with Gasteiger partial charge in [0.15, 0.2) is 9.84 Å². The molecule has 1 fully saturated rings. The Morgan fingerprint density at radius 2 is 1.81 bits per heavy atom. The van der Waals surface area contributed by atoms with Crippen LogP contribution in [0.3, 0.4) is 0 Å². The van der Waals surface area contributed by atoms with Crippen LogP contribution >= 0.6 is 0 Å². The molecule has 0 aromatic carbocycles. The molecule has 7 nitrogen and oxygen atoms in total. The van der Waals surface area contributed by atoms with E-state index in [0.717, 1.165) is 0 Å². The number of carbonyl (C=O) groups excluding carboxylic acids is 1. The van der Waals surface area contributed by atoms with Crippen LogP contribution in [-0.4, -0.2) is 61.4 Å². The highest BCUT2D eigenvalue weighted by molar-refractivity contribution is 7.91. The lowest BCUT2D eigenvalue weighted by Crippen LogP contribution is -2.45. The smallest absolute Gasteiger partial charge is 0.309 e. The minimum absolute atomic E-state index is 0.0214. The van der Waals surface area contributed by atoms with E-state index in [2.05, 4.69) is 0 Å². The van der Waals surface area contributed by atoms with Gasteiger partial charge in [-0.2, -0.15) is 0 Å². The van der Waals surface area contributed by atoms with Crippen molar-refractivity contribution in [2.45, 2.75) is 32.6 Å². The lowest BCUT2D eigenvalue weighted by molar-refractivity contribution is -0.152. The SMILES string of the molecule is CCC1(C(=O)O)CCN(CCS(=O)(=O)CCC(N)=O)CC1. The average molecular weight is 320 g/mol. The third-order valence-corrected chi connectivity index (χ3v) is 5.95. The van der Waals surface area contributed by atoms with Gasteiger partial charge in [0, 0.05) is 13.0 Å². The van der Waals surface area contributed by atoms with Gasteiger partial charge in [-0.1, -0.05) is 6.92 Å². The van der Waals surface area contributed by atoms with Crippen LogP contribution in [0.4, 0.5) is 0 Å². The number of hydrogen-bond donors (Lipinski definition) is 2. The van der Waals surface area contributed by atoms with Crippen molar-refractivity contribution < 1.29 is 23.1 Å². The second-order valence-electron chi connectivity index (χ2n) is 5.65. The van der Waals surface area contributed by atoms with Crippen molar-refractivity contribution >= 4 is 21.7 Å². The molecule has 1 amide bonds. The summed E-state index contributed by atoms with van der Waals surface area (Å²) in [5.41, 5.74) is 4.28. The molecule has 1 aliphatic rings. The number of rotatable bonds is 8. The molecule has 1 rings (SSSR count). The second kappa shape index (κ2) is 7.22. The van der Waals surface area contributed by atoms with E-state index in [1.165, 1.54) is 0 Å². The molecular formula is C13H24N2O5S. The van der Waals surface area contributed by atoms with Crippen molar-refractivity contribution in [3.63, 3.8) is 0 Å². The van der Waals surface area contributed by atoms with Gasteiger partial charge in [-0.05, 0) is 32.4 Å². The number of hydrogen-bond acceptors (Lipinski definition) is 5. The second-order valence-corrected chi connectivity index (χ2v) is 7.95. The van der Waals surface area contributed by atoms with Crippen LogP contribution in [0.25, 0.3) is 0 Å². The van der Waals surface area contributed by atoms with Crippen molar-refractivity contribution in [1.29, 1.82) is 0 Å². The van der Waals surface area contributed by atoms with Gasteiger partial charge in [0.05, 0.1) is 16.9 Å². The first-order valence-corrected chi connectivity index (χ1v) is 8.97. The molecule has 0 radical (unpaired) electrons. The number of primary amides is 1. The number of amides is 1. The van der Waals surface area contributed by atoms with E-state index in [1.807, 2.05) is 11.8 Å². The number of carboxylic acids is 1. The quantitative estimate of drug-likeness (QED) is 0.642. The Balaban J connectivity index is 2.43. The van der Waals surface area contributed by atoms with E-state index in [9.17, 15) is 23.1 Å². The molecule has 0 unspecified atom stereocenters.